The average molecular weight is 765 g/mol. The Morgan fingerprint density at radius 3 is 2.00 bits per heavy atom. The van der Waals surface area contributed by atoms with E-state index in [1.165, 1.54) is 36.0 Å². The topological polar surface area (TPSA) is 136 Å². The summed E-state index contributed by atoms with van der Waals surface area (Å²) < 4.78 is 63.3. The van der Waals surface area contributed by atoms with Gasteiger partial charge >= 0.3 is 14.0 Å². The lowest BCUT2D eigenvalue weighted by atomic mass is 10.0. The predicted molar refractivity (Wildman–Crippen MR) is 191 cm³/mol. The minimum Gasteiger partial charge on any atom is -0.336 e. The highest BCUT2D eigenvalue weighted by Gasteiger charge is 2.30. The molecule has 4 aromatic rings. The van der Waals surface area contributed by atoms with Crippen molar-refractivity contribution in [1.82, 2.24) is 19.4 Å². The maximum Gasteiger partial charge on any atom is 0.466 e. The van der Waals surface area contributed by atoms with E-state index < -0.39 is 19.6 Å². The second-order valence-electron chi connectivity index (χ2n) is 12.1. The molecule has 0 saturated carbocycles. The van der Waals surface area contributed by atoms with Gasteiger partial charge in [-0.05, 0) is 78.9 Å². The third-order valence-corrected chi connectivity index (χ3v) is 9.63. The second kappa shape index (κ2) is 18.3. The fourth-order valence-electron chi connectivity index (χ4n) is 5.79. The minimum absolute atomic E-state index is 0.0310. The number of phosphoric acid groups is 1. The van der Waals surface area contributed by atoms with E-state index in [0.29, 0.717) is 54.5 Å². The molecule has 1 aliphatic rings. The van der Waals surface area contributed by atoms with Crippen molar-refractivity contribution in [2.75, 3.05) is 26.2 Å². The molecule has 1 aromatic heterocycles. The molecule has 5 rings (SSSR count). The Morgan fingerprint density at radius 2 is 1.44 bits per heavy atom. The van der Waals surface area contributed by atoms with Crippen molar-refractivity contribution in [2.45, 2.75) is 63.3 Å². The number of benzene rings is 3. The van der Waals surface area contributed by atoms with Crippen molar-refractivity contribution < 1.29 is 41.6 Å². The van der Waals surface area contributed by atoms with Crippen molar-refractivity contribution in [3.63, 3.8) is 0 Å². The summed E-state index contributed by atoms with van der Waals surface area (Å²) in [6, 6.07) is 18.8. The Hall–Kier alpha value is -3.85. The van der Waals surface area contributed by atoms with E-state index in [-0.39, 0.29) is 23.8 Å². The van der Waals surface area contributed by atoms with Gasteiger partial charge in [0.1, 0.15) is 12.4 Å². The van der Waals surface area contributed by atoms with Gasteiger partial charge in [-0.1, -0.05) is 74.1 Å². The smallest absolute Gasteiger partial charge is 0.336 e. The van der Waals surface area contributed by atoms with Crippen molar-refractivity contribution in [1.29, 1.82) is 0 Å². The Kier molecular flexibility index (Phi) is 14.4. The third-order valence-electron chi connectivity index (χ3n) is 8.58. The lowest BCUT2D eigenvalue weighted by Gasteiger charge is -2.28. The maximum atomic E-state index is 14.1. The van der Waals surface area contributed by atoms with Crippen molar-refractivity contribution in [2.24, 2.45) is 0 Å². The number of likely N-dealkylation sites (N-methyl/N-ethyl adjacent to an activating group) is 1. The van der Waals surface area contributed by atoms with Gasteiger partial charge in [-0.2, -0.15) is 18.2 Å². The Bertz CT molecular complexity index is 1890. The van der Waals surface area contributed by atoms with Crippen LogP contribution in [0.1, 0.15) is 48.2 Å². The van der Waals surface area contributed by atoms with Crippen LogP contribution in [0.3, 0.4) is 0 Å². The summed E-state index contributed by atoms with van der Waals surface area (Å²) in [7, 11) is -4.64. The van der Waals surface area contributed by atoms with Crippen LogP contribution >= 0.6 is 19.6 Å². The fraction of sp³-hybridized carbons (Fsp3) is 0.361. The largest absolute Gasteiger partial charge is 0.466 e. The number of carbonyl (C=O) groups excluding carboxylic acids is 1. The minimum atomic E-state index is -4.64. The van der Waals surface area contributed by atoms with Gasteiger partial charge in [0.25, 0.3) is 5.56 Å². The number of hydrogen-bond donors (Lipinski definition) is 3. The molecule has 3 N–H and O–H groups in total. The predicted octanol–water partition coefficient (Wildman–Crippen LogP) is 6.29. The first-order valence-corrected chi connectivity index (χ1v) is 19.2. The number of nitrogens with zero attached hydrogens (tertiary/aromatic N) is 4. The molecule has 0 fully saturated rings. The molecule has 0 saturated heterocycles. The quantitative estimate of drug-likeness (QED) is 0.0621. The molecule has 0 aliphatic heterocycles. The summed E-state index contributed by atoms with van der Waals surface area (Å²) in [4.78, 5) is 57.0. The van der Waals surface area contributed by atoms with Crippen LogP contribution in [0, 0.1) is 5.82 Å². The molecule has 0 unspecified atom stereocenters. The van der Waals surface area contributed by atoms with Crippen LogP contribution in [-0.4, -0.2) is 66.1 Å². The van der Waals surface area contributed by atoms with Gasteiger partial charge in [-0.25, -0.2) is 8.96 Å². The Morgan fingerprint density at radius 1 is 0.885 bits per heavy atom. The lowest BCUT2D eigenvalue weighted by molar-refractivity contribution is -0.137. The van der Waals surface area contributed by atoms with Crippen LogP contribution in [0.15, 0.2) is 82.7 Å². The molecule has 0 spiro atoms. The molecular weight excluding hydrogens is 723 g/mol. The summed E-state index contributed by atoms with van der Waals surface area (Å²) in [5.74, 6) is 0.0412. The van der Waals surface area contributed by atoms with Gasteiger partial charge in [0.15, 0.2) is 5.16 Å². The van der Waals surface area contributed by atoms with E-state index in [0.717, 1.165) is 54.0 Å². The van der Waals surface area contributed by atoms with Crippen LogP contribution in [-0.2, 0) is 47.2 Å². The average Bonchev–Trinajstić information content (AvgIpc) is 3.60. The molecule has 3 aromatic carbocycles. The molecule has 0 atom stereocenters. The zero-order valence-corrected chi connectivity index (χ0v) is 30.4. The van der Waals surface area contributed by atoms with Crippen LogP contribution in [0.5, 0.6) is 0 Å². The monoisotopic (exact) mass is 764 g/mol. The first-order chi connectivity index (χ1) is 24.5. The van der Waals surface area contributed by atoms with Gasteiger partial charge < -0.3 is 29.0 Å². The first kappa shape index (κ1) is 40.9. The van der Waals surface area contributed by atoms with E-state index in [9.17, 15) is 27.2 Å². The van der Waals surface area contributed by atoms with E-state index in [2.05, 4.69) is 23.7 Å². The number of fused-ring (bicyclic) bond motifs is 1. The number of hydrogen-bond acceptors (Lipinski definition) is 6. The molecule has 1 aliphatic carbocycles. The normalized spacial score (nSPS) is 12.7. The molecule has 0 radical (unpaired) electrons. The summed E-state index contributed by atoms with van der Waals surface area (Å²) >= 11 is 1.36. The SMILES string of the molecule is CCN(CC)CCN(Cc1ccc(-c2ccc(C(F)(F)F)cc2)cc1)C(=O)Cn1c(SCc2ccc(F)cc2)nc(=O)c2c1CCC2.O=P(O)(O)O. The highest BCUT2D eigenvalue weighted by molar-refractivity contribution is 7.98. The van der Waals surface area contributed by atoms with Crippen LogP contribution in [0.4, 0.5) is 17.6 Å². The fourth-order valence-corrected chi connectivity index (χ4v) is 6.76. The number of rotatable bonds is 13. The van der Waals surface area contributed by atoms with E-state index in [1.54, 1.807) is 12.1 Å². The number of halogens is 4. The van der Waals surface area contributed by atoms with Crippen molar-refractivity contribution in [3.05, 3.63) is 117 Å². The van der Waals surface area contributed by atoms with Crippen LogP contribution < -0.4 is 5.56 Å². The summed E-state index contributed by atoms with van der Waals surface area (Å²) in [6.45, 7) is 7.42. The van der Waals surface area contributed by atoms with Gasteiger partial charge in [0.2, 0.25) is 5.91 Å². The number of alkyl halides is 3. The number of aromatic nitrogens is 2. The highest BCUT2D eigenvalue weighted by Crippen LogP contribution is 2.31. The molecular formula is C36H41F4N4O6PS. The summed E-state index contributed by atoms with van der Waals surface area (Å²) in [6.07, 6.45) is -2.24. The molecule has 52 heavy (non-hydrogen) atoms. The second-order valence-corrected chi connectivity index (χ2v) is 14.1. The number of amides is 1. The van der Waals surface area contributed by atoms with Crippen molar-refractivity contribution >= 4 is 25.5 Å². The van der Waals surface area contributed by atoms with Crippen molar-refractivity contribution in [3.8, 4) is 11.1 Å². The van der Waals surface area contributed by atoms with E-state index in [4.69, 9.17) is 19.2 Å². The Balaban J connectivity index is 0.00000113. The molecule has 16 heteroatoms. The number of carbonyl (C=O) groups is 1. The van der Waals surface area contributed by atoms with Gasteiger partial charge in [-0.3, -0.25) is 9.59 Å². The van der Waals surface area contributed by atoms with Crippen LogP contribution in [0.2, 0.25) is 0 Å². The van der Waals surface area contributed by atoms with E-state index in [1.807, 2.05) is 33.7 Å². The standard InChI is InChI=1S/C36H38F4N4O2S.H3O4P/c1-3-42(4-2)20-21-43(22-25-8-12-27(13-9-25)28-14-16-29(17-15-28)36(38,39)40)33(45)23-44-32-7-5-6-31(32)34(46)41-35(44)47-24-26-10-18-30(37)19-11-26;1-5(2,3)4/h8-19H,3-7,20-24H2,1-2H3;(H3,1,2,3,4). The van der Waals surface area contributed by atoms with Gasteiger partial charge in [0.05, 0.1) is 5.56 Å². The summed E-state index contributed by atoms with van der Waals surface area (Å²) in [5.41, 5.74) is 3.79. The van der Waals surface area contributed by atoms with Crippen LogP contribution in [0.25, 0.3) is 11.1 Å². The molecule has 1 heterocycles. The highest BCUT2D eigenvalue weighted by atomic mass is 32.2. The molecule has 10 nitrogen and oxygen atoms in total. The number of thioether (sulfide) groups is 1. The first-order valence-electron chi connectivity index (χ1n) is 16.6. The summed E-state index contributed by atoms with van der Waals surface area (Å²) in [5, 5.41) is 0.470. The zero-order chi connectivity index (χ0) is 38.1. The molecule has 280 valence electrons. The molecule has 1 amide bonds. The van der Waals surface area contributed by atoms with E-state index >= 15 is 0 Å². The lowest BCUT2D eigenvalue weighted by Crippen LogP contribution is -2.40. The maximum absolute atomic E-state index is 14.1. The third kappa shape index (κ3) is 12.1. The van der Waals surface area contributed by atoms with Gasteiger partial charge in [-0.15, -0.1) is 0 Å². The van der Waals surface area contributed by atoms with Gasteiger partial charge in [0, 0.05) is 36.6 Å². The Labute approximate surface area is 303 Å². The zero-order valence-electron chi connectivity index (χ0n) is 28.7. The molecule has 0 bridgehead atoms.